The second-order valence-electron chi connectivity index (χ2n) is 5.45. The van der Waals surface area contributed by atoms with Crippen LogP contribution in [-0.2, 0) is 12.8 Å². The number of aryl methyl sites for hydroxylation is 3. The summed E-state index contributed by atoms with van der Waals surface area (Å²) in [5.74, 6) is 0.620. The molecule has 0 bridgehead atoms. The summed E-state index contributed by atoms with van der Waals surface area (Å²) in [7, 11) is 0. The topological polar surface area (TPSA) is 38.7 Å². The Balaban J connectivity index is 1.93. The Kier molecular flexibility index (Phi) is 3.16. The van der Waals surface area contributed by atoms with Crippen molar-refractivity contribution in [3.63, 3.8) is 0 Å². The molecule has 1 aliphatic rings. The van der Waals surface area contributed by atoms with Crippen LogP contribution in [0.25, 0.3) is 21.7 Å². The number of pyridine rings is 1. The Hall–Kier alpha value is -1.52. The number of nitrogens with zero attached hydrogens (tertiary/aromatic N) is 3. The fraction of sp³-hybridized carbons (Fsp3) is 0.312. The summed E-state index contributed by atoms with van der Waals surface area (Å²) in [4.78, 5) is 16.0. The predicted octanol–water partition coefficient (Wildman–Crippen LogP) is 4.59. The van der Waals surface area contributed by atoms with Crippen molar-refractivity contribution in [2.24, 2.45) is 0 Å². The first-order valence-electron chi connectivity index (χ1n) is 7.13. The van der Waals surface area contributed by atoms with E-state index in [0.29, 0.717) is 11.0 Å². The lowest BCUT2D eigenvalue weighted by atomic mass is 9.97. The van der Waals surface area contributed by atoms with Crippen LogP contribution < -0.4 is 0 Å². The molecule has 0 aliphatic heterocycles. The third kappa shape index (κ3) is 2.23. The molecule has 0 atom stereocenters. The molecule has 0 amide bonds. The number of halogens is 1. The number of fused-ring (bicyclic) bond motifs is 3. The molecule has 3 heterocycles. The van der Waals surface area contributed by atoms with Gasteiger partial charge >= 0.3 is 0 Å². The molecule has 3 aromatic rings. The van der Waals surface area contributed by atoms with Crippen molar-refractivity contribution in [3.05, 3.63) is 39.5 Å². The first-order chi connectivity index (χ1) is 10.2. The first-order valence-corrected chi connectivity index (χ1v) is 8.32. The molecule has 5 heteroatoms. The van der Waals surface area contributed by atoms with Gasteiger partial charge in [-0.25, -0.2) is 9.97 Å². The second-order valence-corrected chi connectivity index (χ2v) is 6.89. The number of aromatic nitrogens is 3. The second kappa shape index (κ2) is 5.04. The smallest absolute Gasteiger partial charge is 0.180 e. The summed E-state index contributed by atoms with van der Waals surface area (Å²) >= 11 is 8.22. The lowest BCUT2D eigenvalue weighted by molar-refractivity contribution is 0.700. The zero-order valence-electron chi connectivity index (χ0n) is 11.7. The van der Waals surface area contributed by atoms with Crippen LogP contribution in [-0.4, -0.2) is 15.0 Å². The van der Waals surface area contributed by atoms with E-state index < -0.39 is 0 Å². The van der Waals surface area contributed by atoms with Gasteiger partial charge in [0.05, 0.1) is 5.39 Å². The van der Waals surface area contributed by atoms with Crippen molar-refractivity contribution in [1.29, 1.82) is 0 Å². The van der Waals surface area contributed by atoms with Gasteiger partial charge in [0.2, 0.25) is 0 Å². The molecule has 0 radical (unpaired) electrons. The van der Waals surface area contributed by atoms with Crippen molar-refractivity contribution in [2.75, 3.05) is 0 Å². The van der Waals surface area contributed by atoms with Crippen molar-refractivity contribution >= 4 is 33.2 Å². The lowest BCUT2D eigenvalue weighted by Crippen LogP contribution is -1.99. The minimum Gasteiger partial charge on any atom is -0.253 e. The summed E-state index contributed by atoms with van der Waals surface area (Å²) in [6.07, 6.45) is 6.52. The molecule has 0 saturated carbocycles. The summed E-state index contributed by atoms with van der Waals surface area (Å²) in [5, 5.41) is 1.63. The highest BCUT2D eigenvalue weighted by Gasteiger charge is 2.20. The highest BCUT2D eigenvalue weighted by Crippen LogP contribution is 2.39. The Morgan fingerprint density at radius 1 is 1.19 bits per heavy atom. The van der Waals surface area contributed by atoms with Gasteiger partial charge in [0.15, 0.2) is 5.82 Å². The number of hydrogen-bond acceptors (Lipinski definition) is 4. The fourth-order valence-corrected chi connectivity index (χ4v) is 4.49. The van der Waals surface area contributed by atoms with Crippen LogP contribution in [0.5, 0.6) is 0 Å². The van der Waals surface area contributed by atoms with Crippen LogP contribution in [0.3, 0.4) is 0 Å². The molecule has 21 heavy (non-hydrogen) atoms. The molecule has 0 fully saturated rings. The molecule has 3 aromatic heterocycles. The molecule has 3 nitrogen and oxygen atoms in total. The quantitative estimate of drug-likeness (QED) is 0.616. The van der Waals surface area contributed by atoms with Crippen LogP contribution in [0.4, 0.5) is 0 Å². The third-order valence-corrected chi connectivity index (χ3v) is 5.37. The summed E-state index contributed by atoms with van der Waals surface area (Å²) in [6, 6.07) is 3.96. The maximum atomic E-state index is 6.46. The van der Waals surface area contributed by atoms with E-state index in [-0.39, 0.29) is 0 Å². The standard InChI is InChI=1S/C16H14ClN3S/c1-9-6-7-18-11(8-9)15-19-14(17)13-10-4-2-3-5-12(10)21-16(13)20-15/h6-8H,2-5H2,1H3. The zero-order chi connectivity index (χ0) is 14.4. The van der Waals surface area contributed by atoms with Gasteiger partial charge in [0.25, 0.3) is 0 Å². The zero-order valence-corrected chi connectivity index (χ0v) is 13.3. The van der Waals surface area contributed by atoms with E-state index in [1.54, 1.807) is 17.5 Å². The van der Waals surface area contributed by atoms with Gasteiger partial charge < -0.3 is 0 Å². The van der Waals surface area contributed by atoms with E-state index in [1.165, 1.54) is 23.3 Å². The Morgan fingerprint density at radius 3 is 2.90 bits per heavy atom. The van der Waals surface area contributed by atoms with E-state index in [9.17, 15) is 0 Å². The van der Waals surface area contributed by atoms with Gasteiger partial charge in [-0.05, 0) is 55.9 Å². The summed E-state index contributed by atoms with van der Waals surface area (Å²) < 4.78 is 0. The van der Waals surface area contributed by atoms with Gasteiger partial charge in [-0.1, -0.05) is 11.6 Å². The molecule has 106 valence electrons. The Morgan fingerprint density at radius 2 is 2.05 bits per heavy atom. The largest absolute Gasteiger partial charge is 0.253 e. The van der Waals surface area contributed by atoms with E-state index in [2.05, 4.69) is 9.97 Å². The van der Waals surface area contributed by atoms with Gasteiger partial charge in [-0.3, -0.25) is 4.98 Å². The van der Waals surface area contributed by atoms with Crippen LogP contribution in [0, 0.1) is 6.92 Å². The normalized spacial score (nSPS) is 14.4. The van der Waals surface area contributed by atoms with Crippen LogP contribution in [0.15, 0.2) is 18.3 Å². The van der Waals surface area contributed by atoms with E-state index in [0.717, 1.165) is 34.3 Å². The monoisotopic (exact) mass is 315 g/mol. The Labute approximate surface area is 132 Å². The molecule has 0 spiro atoms. The number of thiophene rings is 1. The van der Waals surface area contributed by atoms with Crippen molar-refractivity contribution in [1.82, 2.24) is 15.0 Å². The van der Waals surface area contributed by atoms with E-state index in [1.807, 2.05) is 19.1 Å². The highest BCUT2D eigenvalue weighted by atomic mass is 35.5. The Bertz CT molecular complexity index is 841. The van der Waals surface area contributed by atoms with E-state index in [4.69, 9.17) is 16.6 Å². The molecule has 0 saturated heterocycles. The van der Waals surface area contributed by atoms with Crippen molar-refractivity contribution in [2.45, 2.75) is 32.6 Å². The van der Waals surface area contributed by atoms with Gasteiger partial charge in [0, 0.05) is 11.1 Å². The van der Waals surface area contributed by atoms with Gasteiger partial charge in [-0.2, -0.15) is 0 Å². The number of hydrogen-bond donors (Lipinski definition) is 0. The van der Waals surface area contributed by atoms with Crippen LogP contribution >= 0.6 is 22.9 Å². The maximum absolute atomic E-state index is 6.46. The maximum Gasteiger partial charge on any atom is 0.180 e. The fourth-order valence-electron chi connectivity index (χ4n) is 2.89. The average Bonchev–Trinajstić information content (AvgIpc) is 2.86. The molecule has 0 unspecified atom stereocenters. The van der Waals surface area contributed by atoms with Crippen molar-refractivity contribution < 1.29 is 0 Å². The third-order valence-electron chi connectivity index (χ3n) is 3.92. The molecule has 0 aromatic carbocycles. The lowest BCUT2D eigenvalue weighted by Gasteiger charge is -2.10. The molecule has 1 aliphatic carbocycles. The van der Waals surface area contributed by atoms with Crippen LogP contribution in [0.2, 0.25) is 5.15 Å². The first kappa shape index (κ1) is 13.2. The minimum atomic E-state index is 0.567. The van der Waals surface area contributed by atoms with Gasteiger partial charge in [-0.15, -0.1) is 11.3 Å². The highest BCUT2D eigenvalue weighted by molar-refractivity contribution is 7.19. The number of rotatable bonds is 1. The predicted molar refractivity (Wildman–Crippen MR) is 87.0 cm³/mol. The summed E-state index contributed by atoms with van der Waals surface area (Å²) in [6.45, 7) is 2.04. The summed E-state index contributed by atoms with van der Waals surface area (Å²) in [5.41, 5.74) is 3.30. The molecule has 0 N–H and O–H groups in total. The van der Waals surface area contributed by atoms with E-state index >= 15 is 0 Å². The minimum absolute atomic E-state index is 0.567. The molecular weight excluding hydrogens is 302 g/mol. The van der Waals surface area contributed by atoms with Gasteiger partial charge in [0.1, 0.15) is 15.7 Å². The van der Waals surface area contributed by atoms with Crippen molar-refractivity contribution in [3.8, 4) is 11.5 Å². The SMILES string of the molecule is Cc1ccnc(-c2nc(Cl)c3c4c(sc3n2)CCCC4)c1. The molecule has 4 rings (SSSR count). The van der Waals surface area contributed by atoms with Crippen LogP contribution in [0.1, 0.15) is 28.8 Å². The molecular formula is C16H14ClN3S. The average molecular weight is 316 g/mol.